The highest BCUT2D eigenvalue weighted by Gasteiger charge is 2.01. The lowest BCUT2D eigenvalue weighted by atomic mass is 10.2. The van der Waals surface area contributed by atoms with Gasteiger partial charge in [0.05, 0.1) is 0 Å². The molecule has 0 fully saturated rings. The van der Waals surface area contributed by atoms with E-state index in [4.69, 9.17) is 5.11 Å². The van der Waals surface area contributed by atoms with E-state index in [-0.39, 0.29) is 11.6 Å². The smallest absolute Gasteiger partial charge is 0.216 e. The third-order valence-corrected chi connectivity index (χ3v) is 2.24. The highest BCUT2D eigenvalue weighted by Crippen LogP contribution is 2.13. The standard InChI is InChI=1S/C13H10FNO2/c14-11-3-5-12(6-4-11)15(17)9-10-1-7-13(16)8-2-10/h1-9,16H/b15-9+. The lowest BCUT2D eigenvalue weighted by molar-refractivity contribution is -0.354. The molecule has 86 valence electrons. The van der Waals surface area contributed by atoms with Crippen LogP contribution < -0.4 is 0 Å². The van der Waals surface area contributed by atoms with Crippen LogP contribution in [0.25, 0.3) is 0 Å². The van der Waals surface area contributed by atoms with Crippen molar-refractivity contribution in [1.29, 1.82) is 0 Å². The summed E-state index contributed by atoms with van der Waals surface area (Å²) in [6, 6.07) is 11.5. The van der Waals surface area contributed by atoms with Crippen LogP contribution in [0.5, 0.6) is 5.75 Å². The van der Waals surface area contributed by atoms with Crippen LogP contribution in [0.15, 0.2) is 48.5 Å². The number of halogens is 1. The largest absolute Gasteiger partial charge is 0.618 e. The van der Waals surface area contributed by atoms with Crippen molar-refractivity contribution in [3.8, 4) is 5.75 Å². The van der Waals surface area contributed by atoms with E-state index in [9.17, 15) is 9.60 Å². The van der Waals surface area contributed by atoms with Crippen molar-refractivity contribution in [3.63, 3.8) is 0 Å². The number of hydrogen-bond acceptors (Lipinski definition) is 2. The summed E-state index contributed by atoms with van der Waals surface area (Å²) in [5, 5.41) is 20.8. The Morgan fingerprint density at radius 3 is 2.18 bits per heavy atom. The molecule has 17 heavy (non-hydrogen) atoms. The molecular weight excluding hydrogens is 221 g/mol. The Bertz CT molecular complexity index is 532. The predicted octanol–water partition coefficient (Wildman–Crippen LogP) is 2.79. The van der Waals surface area contributed by atoms with Crippen molar-refractivity contribution in [2.75, 3.05) is 0 Å². The molecule has 3 nitrogen and oxygen atoms in total. The molecule has 0 unspecified atom stereocenters. The molecule has 2 aromatic rings. The average molecular weight is 231 g/mol. The van der Waals surface area contributed by atoms with Crippen LogP contribution in [0, 0.1) is 11.0 Å². The Hall–Kier alpha value is -2.36. The number of hydrogen-bond donors (Lipinski definition) is 1. The lowest BCUT2D eigenvalue weighted by Gasteiger charge is -2.02. The SMILES string of the molecule is [O-]/[N+](=C/c1ccc(O)cc1)c1ccc(F)cc1. The van der Waals surface area contributed by atoms with Crippen LogP contribution in [0.4, 0.5) is 10.1 Å². The maximum absolute atomic E-state index is 12.7. The van der Waals surface area contributed by atoms with Crippen LogP contribution >= 0.6 is 0 Å². The van der Waals surface area contributed by atoms with Crippen LogP contribution in [-0.4, -0.2) is 16.1 Å². The molecule has 0 aliphatic heterocycles. The van der Waals surface area contributed by atoms with Gasteiger partial charge in [0.25, 0.3) is 0 Å². The normalized spacial score (nSPS) is 11.5. The summed E-state index contributed by atoms with van der Waals surface area (Å²) in [5.74, 6) is -0.242. The van der Waals surface area contributed by atoms with Gasteiger partial charge in [-0.2, -0.15) is 4.74 Å². The summed E-state index contributed by atoms with van der Waals surface area (Å²) in [7, 11) is 0. The molecule has 0 aliphatic carbocycles. The van der Waals surface area contributed by atoms with Crippen molar-refractivity contribution in [1.82, 2.24) is 0 Å². The van der Waals surface area contributed by atoms with Gasteiger partial charge in [-0.15, -0.1) is 0 Å². The van der Waals surface area contributed by atoms with Gasteiger partial charge >= 0.3 is 0 Å². The third kappa shape index (κ3) is 2.81. The second-order valence-corrected chi connectivity index (χ2v) is 3.52. The van der Waals surface area contributed by atoms with Gasteiger partial charge in [-0.3, -0.25) is 0 Å². The predicted molar refractivity (Wildman–Crippen MR) is 63.0 cm³/mol. The van der Waals surface area contributed by atoms with Crippen molar-refractivity contribution in [3.05, 3.63) is 65.1 Å². The molecule has 4 heteroatoms. The maximum atomic E-state index is 12.7. The Labute approximate surface area is 97.7 Å². The molecule has 2 aromatic carbocycles. The second kappa shape index (κ2) is 4.65. The number of rotatable bonds is 2. The Morgan fingerprint density at radius 1 is 1.00 bits per heavy atom. The highest BCUT2D eigenvalue weighted by molar-refractivity contribution is 5.76. The zero-order valence-electron chi connectivity index (χ0n) is 8.88. The molecule has 0 saturated carbocycles. The molecular formula is C13H10FNO2. The van der Waals surface area contributed by atoms with Crippen LogP contribution in [0.1, 0.15) is 5.56 Å². The van der Waals surface area contributed by atoms with Crippen LogP contribution in [0.2, 0.25) is 0 Å². The second-order valence-electron chi connectivity index (χ2n) is 3.52. The maximum Gasteiger partial charge on any atom is 0.216 e. The van der Waals surface area contributed by atoms with Crippen molar-refractivity contribution < 1.29 is 14.2 Å². The molecule has 0 aliphatic rings. The average Bonchev–Trinajstić information content (AvgIpc) is 2.33. The number of nitrogens with zero attached hydrogens (tertiary/aromatic N) is 1. The first-order valence-corrected chi connectivity index (χ1v) is 5.01. The fraction of sp³-hybridized carbons (Fsp3) is 0. The minimum Gasteiger partial charge on any atom is -0.618 e. The van der Waals surface area contributed by atoms with Crippen molar-refractivity contribution >= 4 is 11.9 Å². The van der Waals surface area contributed by atoms with E-state index in [1.165, 1.54) is 42.6 Å². The Kier molecular flexibility index (Phi) is 3.05. The van der Waals surface area contributed by atoms with Crippen LogP contribution in [0.3, 0.4) is 0 Å². The minimum atomic E-state index is -0.383. The van der Waals surface area contributed by atoms with E-state index >= 15 is 0 Å². The van der Waals surface area contributed by atoms with E-state index in [0.29, 0.717) is 16.0 Å². The first-order chi connectivity index (χ1) is 8.15. The molecule has 0 saturated heterocycles. The van der Waals surface area contributed by atoms with Gasteiger partial charge in [0.15, 0.2) is 6.21 Å². The summed E-state index contributed by atoms with van der Waals surface area (Å²) < 4.78 is 13.3. The summed E-state index contributed by atoms with van der Waals surface area (Å²) in [6.07, 6.45) is 1.35. The molecule has 0 radical (unpaired) electrons. The lowest BCUT2D eigenvalue weighted by Crippen LogP contribution is -1.98. The van der Waals surface area contributed by atoms with Crippen LogP contribution in [-0.2, 0) is 0 Å². The summed E-state index contributed by atoms with van der Waals surface area (Å²) >= 11 is 0. The van der Waals surface area contributed by atoms with Gasteiger partial charge in [-0.1, -0.05) is 0 Å². The zero-order chi connectivity index (χ0) is 12.3. The molecule has 2 rings (SSSR count). The highest BCUT2D eigenvalue weighted by atomic mass is 19.1. The molecule has 0 atom stereocenters. The van der Waals surface area contributed by atoms with Crippen molar-refractivity contribution in [2.24, 2.45) is 0 Å². The molecule has 0 bridgehead atoms. The van der Waals surface area contributed by atoms with Gasteiger partial charge in [-0.05, 0) is 36.4 Å². The monoisotopic (exact) mass is 231 g/mol. The third-order valence-electron chi connectivity index (χ3n) is 2.24. The van der Waals surface area contributed by atoms with Gasteiger partial charge in [0.2, 0.25) is 5.69 Å². The summed E-state index contributed by atoms with van der Waals surface area (Å²) in [5.41, 5.74) is 1.00. The summed E-state index contributed by atoms with van der Waals surface area (Å²) in [6.45, 7) is 0. The van der Waals surface area contributed by atoms with E-state index < -0.39 is 0 Å². The molecule has 0 spiro atoms. The first kappa shape index (κ1) is 11.1. The van der Waals surface area contributed by atoms with E-state index in [0.717, 1.165) is 0 Å². The molecule has 0 amide bonds. The zero-order valence-corrected chi connectivity index (χ0v) is 8.88. The van der Waals surface area contributed by atoms with Gasteiger partial charge in [0.1, 0.15) is 11.6 Å². The van der Waals surface area contributed by atoms with E-state index in [1.807, 2.05) is 0 Å². The van der Waals surface area contributed by atoms with E-state index in [2.05, 4.69) is 0 Å². The van der Waals surface area contributed by atoms with Gasteiger partial charge in [-0.25, -0.2) is 4.39 Å². The Morgan fingerprint density at radius 2 is 1.59 bits per heavy atom. The molecule has 0 heterocycles. The molecule has 0 aromatic heterocycles. The number of phenolic OH excluding ortho intramolecular Hbond substituents is 1. The van der Waals surface area contributed by atoms with Gasteiger partial charge in [0, 0.05) is 17.7 Å². The quantitative estimate of drug-likeness (QED) is 0.374. The number of phenols is 1. The fourth-order valence-electron chi connectivity index (χ4n) is 1.36. The Balaban J connectivity index is 2.27. The van der Waals surface area contributed by atoms with Gasteiger partial charge < -0.3 is 10.3 Å². The number of aromatic hydroxyl groups is 1. The molecule has 1 N–H and O–H groups in total. The van der Waals surface area contributed by atoms with Crippen molar-refractivity contribution in [2.45, 2.75) is 0 Å². The number of benzene rings is 2. The fourth-order valence-corrected chi connectivity index (χ4v) is 1.36. The minimum absolute atomic E-state index is 0.140. The topological polar surface area (TPSA) is 46.3 Å². The first-order valence-electron chi connectivity index (χ1n) is 5.01. The summed E-state index contributed by atoms with van der Waals surface area (Å²) in [4.78, 5) is 0. The van der Waals surface area contributed by atoms with E-state index in [1.54, 1.807) is 12.1 Å².